The minimum atomic E-state index is 0.0338. The highest BCUT2D eigenvalue weighted by Crippen LogP contribution is 2.23. The third-order valence-electron chi connectivity index (χ3n) is 3.99. The molecule has 114 valence electrons. The number of rotatable bonds is 3. The van der Waals surface area contributed by atoms with Crippen LogP contribution in [0.15, 0.2) is 85.2 Å². The minimum Gasteiger partial charge on any atom is -0.289 e. The molecule has 0 amide bonds. The molecule has 0 spiro atoms. The summed E-state index contributed by atoms with van der Waals surface area (Å²) in [7, 11) is 0. The second-order valence-corrected chi connectivity index (χ2v) is 5.53. The van der Waals surface area contributed by atoms with Crippen LogP contribution in [0.5, 0.6) is 0 Å². The summed E-state index contributed by atoms with van der Waals surface area (Å²) in [6.45, 7) is 0. The van der Waals surface area contributed by atoms with Crippen LogP contribution in [0.4, 0.5) is 0 Å². The topological polar surface area (TPSA) is 42.9 Å². The molecule has 1 aromatic heterocycles. The van der Waals surface area contributed by atoms with Crippen molar-refractivity contribution >= 4 is 16.8 Å². The van der Waals surface area contributed by atoms with Crippen LogP contribution >= 0.6 is 0 Å². The molecule has 4 aromatic rings. The van der Waals surface area contributed by atoms with Gasteiger partial charge in [-0.1, -0.05) is 60.7 Å². The van der Waals surface area contributed by atoms with Crippen molar-refractivity contribution in [3.05, 3.63) is 96.3 Å². The van der Waals surface area contributed by atoms with Crippen molar-refractivity contribution in [1.29, 1.82) is 0 Å². The van der Waals surface area contributed by atoms with Crippen molar-refractivity contribution in [3.63, 3.8) is 0 Å². The molecule has 0 aliphatic heterocycles. The highest BCUT2D eigenvalue weighted by atomic mass is 16.1. The lowest BCUT2D eigenvalue weighted by Gasteiger charge is -2.05. The van der Waals surface area contributed by atoms with Crippen LogP contribution in [0.3, 0.4) is 0 Å². The van der Waals surface area contributed by atoms with Crippen LogP contribution < -0.4 is 0 Å². The van der Waals surface area contributed by atoms with Gasteiger partial charge in [-0.05, 0) is 23.3 Å². The van der Waals surface area contributed by atoms with Crippen molar-refractivity contribution < 1.29 is 4.79 Å². The number of aromatic nitrogens is 2. The molecule has 0 unspecified atom stereocenters. The smallest absolute Gasteiger partial charge is 0.193 e. The van der Waals surface area contributed by atoms with Crippen molar-refractivity contribution in [1.82, 2.24) is 9.97 Å². The number of fused-ring (bicyclic) bond motifs is 1. The summed E-state index contributed by atoms with van der Waals surface area (Å²) in [4.78, 5) is 21.1. The Bertz CT molecular complexity index is 1010. The molecule has 24 heavy (non-hydrogen) atoms. The van der Waals surface area contributed by atoms with Crippen molar-refractivity contribution in [3.8, 4) is 11.1 Å². The van der Waals surface area contributed by atoms with Gasteiger partial charge in [0, 0.05) is 23.5 Å². The molecule has 3 nitrogen and oxygen atoms in total. The van der Waals surface area contributed by atoms with Gasteiger partial charge in [0.1, 0.15) is 0 Å². The minimum absolute atomic E-state index is 0.0338. The molecule has 0 aliphatic carbocycles. The Hall–Kier alpha value is -3.33. The van der Waals surface area contributed by atoms with Crippen molar-refractivity contribution in [2.75, 3.05) is 0 Å². The van der Waals surface area contributed by atoms with E-state index in [4.69, 9.17) is 0 Å². The third kappa shape index (κ3) is 2.68. The average molecular weight is 310 g/mol. The molecule has 0 N–H and O–H groups in total. The lowest BCUT2D eigenvalue weighted by molar-refractivity contribution is 0.103. The number of carbonyl (C=O) groups excluding carboxylic acids is 1. The predicted molar refractivity (Wildman–Crippen MR) is 94.8 cm³/mol. The molecule has 0 radical (unpaired) electrons. The Morgan fingerprint density at radius 1 is 0.625 bits per heavy atom. The van der Waals surface area contributed by atoms with Gasteiger partial charge in [0.05, 0.1) is 11.0 Å². The van der Waals surface area contributed by atoms with Crippen LogP contribution in [0, 0.1) is 0 Å². The van der Waals surface area contributed by atoms with Crippen LogP contribution in [-0.2, 0) is 0 Å². The Labute approximate surface area is 139 Å². The van der Waals surface area contributed by atoms with Crippen LogP contribution in [-0.4, -0.2) is 15.8 Å². The molecule has 0 bridgehead atoms. The van der Waals surface area contributed by atoms with E-state index in [2.05, 4.69) is 9.97 Å². The normalized spacial score (nSPS) is 10.7. The maximum absolute atomic E-state index is 12.5. The number of carbonyl (C=O) groups is 1. The van der Waals surface area contributed by atoms with E-state index in [1.165, 1.54) is 0 Å². The Morgan fingerprint density at radius 3 is 2.00 bits per heavy atom. The van der Waals surface area contributed by atoms with Crippen LogP contribution in [0.2, 0.25) is 0 Å². The number of hydrogen-bond donors (Lipinski definition) is 0. The molecule has 0 atom stereocenters. The van der Waals surface area contributed by atoms with Gasteiger partial charge < -0.3 is 0 Å². The lowest BCUT2D eigenvalue weighted by atomic mass is 9.99. The van der Waals surface area contributed by atoms with E-state index in [-0.39, 0.29) is 5.78 Å². The SMILES string of the molecule is O=C(c1ccccc1)c1ccc(-c2ccc3nccnc3c2)cc1. The van der Waals surface area contributed by atoms with Gasteiger partial charge in [-0.15, -0.1) is 0 Å². The van der Waals surface area contributed by atoms with Gasteiger partial charge in [0.25, 0.3) is 0 Å². The van der Waals surface area contributed by atoms with E-state index >= 15 is 0 Å². The van der Waals surface area contributed by atoms with E-state index < -0.39 is 0 Å². The standard InChI is InChI=1S/C21H14N2O/c24-21(16-4-2-1-3-5-16)17-8-6-15(7-9-17)18-10-11-19-20(14-18)23-13-12-22-19/h1-14H. The van der Waals surface area contributed by atoms with Gasteiger partial charge in [0.2, 0.25) is 0 Å². The van der Waals surface area contributed by atoms with E-state index in [0.29, 0.717) is 11.1 Å². The summed E-state index contributed by atoms with van der Waals surface area (Å²) >= 11 is 0. The maximum Gasteiger partial charge on any atom is 0.193 e. The average Bonchev–Trinajstić information content (AvgIpc) is 2.68. The second kappa shape index (κ2) is 6.05. The first-order valence-corrected chi connectivity index (χ1v) is 7.72. The summed E-state index contributed by atoms with van der Waals surface area (Å²) in [5.74, 6) is 0.0338. The molecule has 0 aliphatic rings. The Balaban J connectivity index is 1.66. The van der Waals surface area contributed by atoms with E-state index in [1.807, 2.05) is 72.8 Å². The number of ketones is 1. The van der Waals surface area contributed by atoms with Gasteiger partial charge in [-0.2, -0.15) is 0 Å². The number of nitrogens with zero attached hydrogens (tertiary/aromatic N) is 2. The van der Waals surface area contributed by atoms with E-state index in [1.54, 1.807) is 12.4 Å². The zero-order valence-corrected chi connectivity index (χ0v) is 12.9. The molecule has 4 rings (SSSR count). The van der Waals surface area contributed by atoms with Crippen molar-refractivity contribution in [2.45, 2.75) is 0 Å². The van der Waals surface area contributed by atoms with E-state index in [0.717, 1.165) is 22.2 Å². The van der Waals surface area contributed by atoms with Crippen LogP contribution in [0.1, 0.15) is 15.9 Å². The molecule has 0 saturated carbocycles. The van der Waals surface area contributed by atoms with Gasteiger partial charge in [0.15, 0.2) is 5.78 Å². The zero-order valence-electron chi connectivity index (χ0n) is 12.9. The van der Waals surface area contributed by atoms with E-state index in [9.17, 15) is 4.79 Å². The summed E-state index contributed by atoms with van der Waals surface area (Å²) in [5.41, 5.74) is 5.22. The van der Waals surface area contributed by atoms with Crippen molar-refractivity contribution in [2.24, 2.45) is 0 Å². The van der Waals surface area contributed by atoms with Gasteiger partial charge >= 0.3 is 0 Å². The first kappa shape index (κ1) is 14.3. The number of hydrogen-bond acceptors (Lipinski definition) is 3. The first-order chi connectivity index (χ1) is 11.8. The summed E-state index contributed by atoms with van der Waals surface area (Å²) in [6.07, 6.45) is 3.37. The van der Waals surface area contributed by atoms with Crippen LogP contribution in [0.25, 0.3) is 22.2 Å². The summed E-state index contributed by atoms with van der Waals surface area (Å²) in [5, 5.41) is 0. The highest BCUT2D eigenvalue weighted by molar-refractivity contribution is 6.09. The molecule has 1 heterocycles. The fraction of sp³-hybridized carbons (Fsp3) is 0. The first-order valence-electron chi connectivity index (χ1n) is 7.72. The fourth-order valence-corrected chi connectivity index (χ4v) is 2.71. The maximum atomic E-state index is 12.5. The predicted octanol–water partition coefficient (Wildman–Crippen LogP) is 4.53. The Morgan fingerprint density at radius 2 is 1.25 bits per heavy atom. The summed E-state index contributed by atoms with van der Waals surface area (Å²) < 4.78 is 0. The Kier molecular flexibility index (Phi) is 3.60. The largest absolute Gasteiger partial charge is 0.289 e. The molecular weight excluding hydrogens is 296 g/mol. The van der Waals surface area contributed by atoms with Gasteiger partial charge in [-0.25, -0.2) is 0 Å². The zero-order chi connectivity index (χ0) is 16.4. The van der Waals surface area contributed by atoms with Gasteiger partial charge in [-0.3, -0.25) is 14.8 Å². The highest BCUT2D eigenvalue weighted by Gasteiger charge is 2.09. The quantitative estimate of drug-likeness (QED) is 0.522. The second-order valence-electron chi connectivity index (χ2n) is 5.53. The monoisotopic (exact) mass is 310 g/mol. The molecule has 0 fully saturated rings. The molecule has 3 heteroatoms. The third-order valence-corrected chi connectivity index (χ3v) is 3.99. The fourth-order valence-electron chi connectivity index (χ4n) is 2.71. The molecule has 0 saturated heterocycles. The molecule has 3 aromatic carbocycles. The lowest BCUT2D eigenvalue weighted by Crippen LogP contribution is -2.00. The molecular formula is C21H14N2O. The summed E-state index contributed by atoms with van der Waals surface area (Å²) in [6, 6.07) is 23.0. The number of benzene rings is 3.